The van der Waals surface area contributed by atoms with Gasteiger partial charge in [0.2, 0.25) is 0 Å². The van der Waals surface area contributed by atoms with E-state index in [1.807, 2.05) is 28.7 Å². The number of cyclic esters (lactones) is 1. The fourth-order valence-electron chi connectivity index (χ4n) is 3.38. The van der Waals surface area contributed by atoms with Crippen molar-refractivity contribution in [3.8, 4) is 16.9 Å². The van der Waals surface area contributed by atoms with Gasteiger partial charge in [-0.3, -0.25) is 4.98 Å². The molecule has 0 atom stereocenters. The third-order valence-electron chi connectivity index (χ3n) is 4.87. The second-order valence-electron chi connectivity index (χ2n) is 7.06. The molecule has 1 amide bonds. The number of rotatable bonds is 5. The van der Waals surface area contributed by atoms with Crippen molar-refractivity contribution in [3.63, 3.8) is 0 Å². The molecule has 0 unspecified atom stereocenters. The van der Waals surface area contributed by atoms with Gasteiger partial charge in [0.05, 0.1) is 6.61 Å². The van der Waals surface area contributed by atoms with Gasteiger partial charge < -0.3 is 14.4 Å². The predicted octanol–water partition coefficient (Wildman–Crippen LogP) is 2.02. The van der Waals surface area contributed by atoms with Gasteiger partial charge in [-0.2, -0.15) is 8.78 Å². The molecule has 1 aliphatic heterocycles. The topological polar surface area (TPSA) is 51.7 Å². The Kier molecular flexibility index (Phi) is 5.58. The molecule has 146 valence electrons. The standard InChI is InChI=1S/C18H19B2F3N2O3/c1-10-13(18(19,20)25-5-2-6-27-17(25)26)7-12(9-24-10)11-3-4-14(21)15(8-11)28-16(22)23/h3-4,7-9,16H,2,5-6,19-20H2,1H3. The van der Waals surface area contributed by atoms with Crippen LogP contribution in [0, 0.1) is 12.7 Å². The van der Waals surface area contributed by atoms with Crippen molar-refractivity contribution < 1.29 is 27.4 Å². The van der Waals surface area contributed by atoms with Crippen molar-refractivity contribution in [2.75, 3.05) is 13.2 Å². The first-order valence-corrected chi connectivity index (χ1v) is 8.86. The highest BCUT2D eigenvalue weighted by Gasteiger charge is 2.36. The summed E-state index contributed by atoms with van der Waals surface area (Å²) >= 11 is 0. The van der Waals surface area contributed by atoms with Crippen LogP contribution in [0.4, 0.5) is 18.0 Å². The molecule has 1 fully saturated rings. The van der Waals surface area contributed by atoms with E-state index in [4.69, 9.17) is 4.74 Å². The summed E-state index contributed by atoms with van der Waals surface area (Å²) in [6, 6.07) is 5.56. The van der Waals surface area contributed by atoms with Gasteiger partial charge in [-0.1, -0.05) is 6.07 Å². The molecule has 10 heteroatoms. The Morgan fingerprint density at radius 2 is 2.04 bits per heavy atom. The van der Waals surface area contributed by atoms with E-state index in [9.17, 15) is 18.0 Å². The molecule has 0 radical (unpaired) electrons. The highest BCUT2D eigenvalue weighted by atomic mass is 19.3. The van der Waals surface area contributed by atoms with Gasteiger partial charge >= 0.3 is 12.7 Å². The van der Waals surface area contributed by atoms with Crippen molar-refractivity contribution >= 4 is 21.8 Å². The van der Waals surface area contributed by atoms with Crippen LogP contribution >= 0.6 is 0 Å². The Labute approximate surface area is 162 Å². The van der Waals surface area contributed by atoms with Crippen LogP contribution in [0.25, 0.3) is 11.1 Å². The second kappa shape index (κ2) is 7.77. The summed E-state index contributed by atoms with van der Waals surface area (Å²) in [6.07, 6.45) is 1.91. The number of halogens is 3. The number of hydrogen-bond acceptors (Lipinski definition) is 4. The molecule has 5 nitrogen and oxygen atoms in total. The molecule has 1 aromatic heterocycles. The molecule has 1 saturated heterocycles. The molecule has 0 bridgehead atoms. The summed E-state index contributed by atoms with van der Waals surface area (Å²) in [5, 5.41) is -0.701. The van der Waals surface area contributed by atoms with E-state index in [0.717, 1.165) is 23.7 Å². The van der Waals surface area contributed by atoms with E-state index < -0.39 is 29.6 Å². The molecule has 1 aliphatic rings. The highest BCUT2D eigenvalue weighted by Crippen LogP contribution is 2.32. The SMILES string of the molecule is BC(B)(c1cc(-c2ccc(F)c(OC(F)F)c2)cnc1C)N1CCCOC1=O. The Bertz CT molecular complexity index is 896. The summed E-state index contributed by atoms with van der Waals surface area (Å²) in [7, 11) is 3.78. The van der Waals surface area contributed by atoms with E-state index in [1.165, 1.54) is 12.1 Å². The van der Waals surface area contributed by atoms with Crippen LogP contribution in [-0.2, 0) is 10.1 Å². The number of nitrogens with zero attached hydrogens (tertiary/aromatic N) is 2. The first-order chi connectivity index (χ1) is 13.2. The summed E-state index contributed by atoms with van der Waals surface area (Å²) in [5.74, 6) is -1.41. The summed E-state index contributed by atoms with van der Waals surface area (Å²) in [4.78, 5) is 18.3. The Balaban J connectivity index is 2.01. The number of pyridine rings is 1. The molecule has 0 N–H and O–H groups in total. The van der Waals surface area contributed by atoms with Crippen LogP contribution in [0.2, 0.25) is 0 Å². The lowest BCUT2D eigenvalue weighted by atomic mass is 9.56. The van der Waals surface area contributed by atoms with Crippen LogP contribution in [-0.4, -0.2) is 51.4 Å². The normalized spacial score (nSPS) is 14.9. The van der Waals surface area contributed by atoms with Crippen molar-refractivity contribution in [2.45, 2.75) is 25.3 Å². The number of ether oxygens (including phenoxy) is 2. The van der Waals surface area contributed by atoms with Crippen molar-refractivity contribution in [2.24, 2.45) is 0 Å². The summed E-state index contributed by atoms with van der Waals surface area (Å²) in [6.45, 7) is -0.351. The minimum absolute atomic E-state index is 0.393. The number of aryl methyl sites for hydroxylation is 1. The maximum atomic E-state index is 13.7. The predicted molar refractivity (Wildman–Crippen MR) is 102 cm³/mol. The smallest absolute Gasteiger partial charge is 0.409 e. The third-order valence-corrected chi connectivity index (χ3v) is 4.87. The van der Waals surface area contributed by atoms with Gasteiger partial charge in [0.25, 0.3) is 0 Å². The molecule has 2 heterocycles. The number of benzene rings is 1. The monoisotopic (exact) mass is 390 g/mol. The van der Waals surface area contributed by atoms with E-state index in [2.05, 4.69) is 9.72 Å². The maximum absolute atomic E-state index is 13.7. The average molecular weight is 390 g/mol. The van der Waals surface area contributed by atoms with Gasteiger partial charge in [-0.05, 0) is 42.7 Å². The molecular weight excluding hydrogens is 371 g/mol. The average Bonchev–Trinajstić information content (AvgIpc) is 2.63. The maximum Gasteiger partial charge on any atom is 0.409 e. The molecule has 3 rings (SSSR count). The lowest BCUT2D eigenvalue weighted by Gasteiger charge is -2.41. The van der Waals surface area contributed by atoms with E-state index in [0.29, 0.717) is 24.3 Å². The molecule has 28 heavy (non-hydrogen) atoms. The number of carbonyl (C=O) groups is 1. The second-order valence-corrected chi connectivity index (χ2v) is 7.06. The number of carbonyl (C=O) groups excluding carboxylic acids is 1. The number of aromatic nitrogens is 1. The Hall–Kier alpha value is -2.64. The van der Waals surface area contributed by atoms with Crippen LogP contribution in [0.5, 0.6) is 5.75 Å². The van der Waals surface area contributed by atoms with Crippen molar-refractivity contribution in [3.05, 3.63) is 47.5 Å². The zero-order chi connectivity index (χ0) is 20.5. The van der Waals surface area contributed by atoms with Gasteiger partial charge in [0.1, 0.15) is 15.7 Å². The minimum atomic E-state index is -3.12. The van der Waals surface area contributed by atoms with Gasteiger partial charge in [0.15, 0.2) is 11.6 Å². The molecule has 1 aromatic carbocycles. The molecule has 0 spiro atoms. The minimum Gasteiger partial charge on any atom is -0.449 e. The molecular formula is C18H19B2F3N2O3. The lowest BCUT2D eigenvalue weighted by Crippen LogP contribution is -2.53. The number of amides is 1. The fourth-order valence-corrected chi connectivity index (χ4v) is 3.38. The van der Waals surface area contributed by atoms with E-state index in [1.54, 1.807) is 11.1 Å². The molecule has 2 aromatic rings. The molecule has 0 saturated carbocycles. The summed E-state index contributed by atoms with van der Waals surface area (Å²) < 4.78 is 48.1. The van der Waals surface area contributed by atoms with Gasteiger partial charge in [-0.25, -0.2) is 9.18 Å². The highest BCUT2D eigenvalue weighted by molar-refractivity contribution is 6.40. The van der Waals surface area contributed by atoms with Crippen LogP contribution in [0.3, 0.4) is 0 Å². The number of hydrogen-bond donors (Lipinski definition) is 0. The summed E-state index contributed by atoms with van der Waals surface area (Å²) in [5.41, 5.74) is 2.57. The van der Waals surface area contributed by atoms with E-state index in [-0.39, 0.29) is 0 Å². The largest absolute Gasteiger partial charge is 0.449 e. The van der Waals surface area contributed by atoms with Crippen molar-refractivity contribution in [1.29, 1.82) is 0 Å². The van der Waals surface area contributed by atoms with Crippen LogP contribution < -0.4 is 4.74 Å². The van der Waals surface area contributed by atoms with Crippen LogP contribution in [0.1, 0.15) is 17.7 Å². The number of alkyl halides is 2. The lowest BCUT2D eigenvalue weighted by molar-refractivity contribution is -0.0521. The van der Waals surface area contributed by atoms with Crippen molar-refractivity contribution in [1.82, 2.24) is 9.88 Å². The molecule has 0 aliphatic carbocycles. The van der Waals surface area contributed by atoms with Gasteiger partial charge in [-0.15, -0.1) is 0 Å². The quantitative estimate of drug-likeness (QED) is 0.734. The van der Waals surface area contributed by atoms with Gasteiger partial charge in [0, 0.05) is 29.3 Å². The van der Waals surface area contributed by atoms with E-state index >= 15 is 0 Å². The third kappa shape index (κ3) is 3.95. The Morgan fingerprint density at radius 3 is 2.71 bits per heavy atom. The first kappa shape index (κ1) is 20.1. The van der Waals surface area contributed by atoms with Crippen LogP contribution in [0.15, 0.2) is 30.5 Å². The first-order valence-electron chi connectivity index (χ1n) is 8.86. The zero-order valence-electron chi connectivity index (χ0n) is 15.8. The Morgan fingerprint density at radius 1 is 1.29 bits per heavy atom. The zero-order valence-corrected chi connectivity index (χ0v) is 15.8. The fraction of sp³-hybridized carbons (Fsp3) is 0.333.